The molecular formula is C17H18N4O4. The summed E-state index contributed by atoms with van der Waals surface area (Å²) in [6.07, 6.45) is 2.96. The number of aromatic nitrogens is 1. The third-order valence-corrected chi connectivity index (χ3v) is 3.12. The van der Waals surface area contributed by atoms with Crippen molar-refractivity contribution in [3.05, 3.63) is 53.9 Å². The van der Waals surface area contributed by atoms with Crippen LogP contribution in [-0.2, 0) is 4.79 Å². The largest absolute Gasteiger partial charge is 0.493 e. The molecule has 0 spiro atoms. The Labute approximate surface area is 144 Å². The van der Waals surface area contributed by atoms with Gasteiger partial charge in [0, 0.05) is 6.20 Å². The Balaban J connectivity index is 1.83. The molecule has 8 heteroatoms. The van der Waals surface area contributed by atoms with Gasteiger partial charge in [0.05, 0.1) is 27.0 Å². The lowest BCUT2D eigenvalue weighted by molar-refractivity contribution is -0.120. The summed E-state index contributed by atoms with van der Waals surface area (Å²) in [6, 6.07) is 10.2. The van der Waals surface area contributed by atoms with Gasteiger partial charge in [-0.05, 0) is 35.9 Å². The molecular weight excluding hydrogens is 324 g/mol. The number of hydrazone groups is 1. The molecule has 2 N–H and O–H groups in total. The van der Waals surface area contributed by atoms with E-state index in [9.17, 15) is 9.59 Å². The molecule has 0 aliphatic carbocycles. The van der Waals surface area contributed by atoms with Crippen LogP contribution in [0.5, 0.6) is 11.5 Å². The van der Waals surface area contributed by atoms with Gasteiger partial charge in [0.2, 0.25) is 0 Å². The summed E-state index contributed by atoms with van der Waals surface area (Å²) in [4.78, 5) is 27.3. The third-order valence-electron chi connectivity index (χ3n) is 3.12. The monoisotopic (exact) mass is 342 g/mol. The number of nitrogens with zero attached hydrogens (tertiary/aromatic N) is 2. The number of methoxy groups -OCH3 is 2. The van der Waals surface area contributed by atoms with Crippen LogP contribution in [0.15, 0.2) is 47.7 Å². The molecule has 0 fully saturated rings. The van der Waals surface area contributed by atoms with E-state index in [0.29, 0.717) is 11.5 Å². The van der Waals surface area contributed by atoms with Gasteiger partial charge in [-0.25, -0.2) is 5.43 Å². The highest BCUT2D eigenvalue weighted by Gasteiger charge is 2.08. The molecule has 2 aromatic rings. The maximum Gasteiger partial charge on any atom is 0.270 e. The Morgan fingerprint density at radius 1 is 1.16 bits per heavy atom. The van der Waals surface area contributed by atoms with Crippen LogP contribution >= 0.6 is 0 Å². The van der Waals surface area contributed by atoms with E-state index in [4.69, 9.17) is 9.47 Å². The van der Waals surface area contributed by atoms with Crippen molar-refractivity contribution in [3.63, 3.8) is 0 Å². The van der Waals surface area contributed by atoms with E-state index in [2.05, 4.69) is 20.8 Å². The summed E-state index contributed by atoms with van der Waals surface area (Å²) in [5, 5.41) is 6.29. The third kappa shape index (κ3) is 5.31. The molecule has 25 heavy (non-hydrogen) atoms. The summed E-state index contributed by atoms with van der Waals surface area (Å²) >= 11 is 0. The first kappa shape index (κ1) is 17.9. The minimum absolute atomic E-state index is 0.210. The molecule has 8 nitrogen and oxygen atoms in total. The Morgan fingerprint density at radius 2 is 1.96 bits per heavy atom. The Kier molecular flexibility index (Phi) is 6.47. The molecule has 0 saturated heterocycles. The molecule has 1 aromatic heterocycles. The van der Waals surface area contributed by atoms with Crippen LogP contribution in [0.25, 0.3) is 0 Å². The number of carbonyl (C=O) groups excluding carboxylic acids is 2. The number of ether oxygens (including phenoxy) is 2. The fourth-order valence-electron chi connectivity index (χ4n) is 1.90. The molecule has 0 unspecified atom stereocenters. The molecule has 0 bridgehead atoms. The smallest absolute Gasteiger partial charge is 0.270 e. The SMILES string of the molecule is COc1ccc(/C=N\NC(=O)CNC(=O)c2ccccn2)cc1OC. The Bertz CT molecular complexity index is 762. The second-order valence-corrected chi connectivity index (χ2v) is 4.81. The van der Waals surface area contributed by atoms with Gasteiger partial charge in [-0.3, -0.25) is 14.6 Å². The summed E-state index contributed by atoms with van der Waals surface area (Å²) in [6.45, 7) is -0.210. The van der Waals surface area contributed by atoms with Gasteiger partial charge in [-0.15, -0.1) is 0 Å². The fourth-order valence-corrected chi connectivity index (χ4v) is 1.90. The van der Waals surface area contributed by atoms with Crippen molar-refractivity contribution in [2.24, 2.45) is 5.10 Å². The lowest BCUT2D eigenvalue weighted by Gasteiger charge is -2.07. The lowest BCUT2D eigenvalue weighted by atomic mass is 10.2. The van der Waals surface area contributed by atoms with Crippen molar-refractivity contribution < 1.29 is 19.1 Å². The first-order valence-corrected chi connectivity index (χ1v) is 7.37. The van der Waals surface area contributed by atoms with Crippen molar-refractivity contribution in [1.29, 1.82) is 0 Å². The van der Waals surface area contributed by atoms with E-state index in [1.165, 1.54) is 19.5 Å². The number of hydrogen-bond acceptors (Lipinski definition) is 6. The highest BCUT2D eigenvalue weighted by atomic mass is 16.5. The second kappa shape index (κ2) is 9.02. The Hall–Kier alpha value is -3.42. The maximum atomic E-state index is 11.8. The van der Waals surface area contributed by atoms with Crippen molar-refractivity contribution >= 4 is 18.0 Å². The fraction of sp³-hybridized carbons (Fsp3) is 0.176. The maximum absolute atomic E-state index is 11.8. The molecule has 0 radical (unpaired) electrons. The highest BCUT2D eigenvalue weighted by Crippen LogP contribution is 2.26. The zero-order valence-corrected chi connectivity index (χ0v) is 13.9. The summed E-state index contributed by atoms with van der Waals surface area (Å²) < 4.78 is 10.3. The first-order valence-electron chi connectivity index (χ1n) is 7.37. The van der Waals surface area contributed by atoms with E-state index in [1.807, 2.05) is 0 Å². The zero-order valence-electron chi connectivity index (χ0n) is 13.9. The van der Waals surface area contributed by atoms with E-state index >= 15 is 0 Å². The van der Waals surface area contributed by atoms with E-state index in [0.717, 1.165) is 5.56 Å². The number of benzene rings is 1. The summed E-state index contributed by atoms with van der Waals surface area (Å²) in [5.41, 5.74) is 3.29. The van der Waals surface area contributed by atoms with Crippen molar-refractivity contribution in [1.82, 2.24) is 15.7 Å². The van der Waals surface area contributed by atoms with Crippen LogP contribution in [0, 0.1) is 0 Å². The lowest BCUT2D eigenvalue weighted by Crippen LogP contribution is -2.35. The molecule has 0 atom stereocenters. The summed E-state index contributed by atoms with van der Waals surface area (Å²) in [5.74, 6) is 0.266. The van der Waals surface area contributed by atoms with Gasteiger partial charge in [0.1, 0.15) is 5.69 Å². The Morgan fingerprint density at radius 3 is 2.64 bits per heavy atom. The molecule has 2 amide bonds. The van der Waals surface area contributed by atoms with Gasteiger partial charge in [0.15, 0.2) is 11.5 Å². The van der Waals surface area contributed by atoms with Gasteiger partial charge in [0.25, 0.3) is 11.8 Å². The molecule has 0 saturated carbocycles. The van der Waals surface area contributed by atoms with Crippen molar-refractivity contribution in [3.8, 4) is 11.5 Å². The van der Waals surface area contributed by atoms with E-state index in [1.54, 1.807) is 43.5 Å². The normalized spacial score (nSPS) is 10.3. The average Bonchev–Trinajstić information content (AvgIpc) is 2.66. The quantitative estimate of drug-likeness (QED) is 0.577. The minimum Gasteiger partial charge on any atom is -0.493 e. The molecule has 2 rings (SSSR count). The van der Waals surface area contributed by atoms with Gasteiger partial charge < -0.3 is 14.8 Å². The number of amides is 2. The van der Waals surface area contributed by atoms with Crippen LogP contribution in [0.4, 0.5) is 0 Å². The standard InChI is InChI=1S/C17H18N4O4/c1-24-14-7-6-12(9-15(14)25-2)10-20-21-16(22)11-19-17(23)13-5-3-4-8-18-13/h3-10H,11H2,1-2H3,(H,19,23)(H,21,22)/b20-10-. The van der Waals surface area contributed by atoms with Crippen molar-refractivity contribution in [2.45, 2.75) is 0 Å². The van der Waals surface area contributed by atoms with Crippen molar-refractivity contribution in [2.75, 3.05) is 20.8 Å². The molecule has 0 aliphatic heterocycles. The van der Waals surface area contributed by atoms with Gasteiger partial charge in [-0.1, -0.05) is 6.07 Å². The second-order valence-electron chi connectivity index (χ2n) is 4.81. The highest BCUT2D eigenvalue weighted by molar-refractivity contribution is 5.94. The molecule has 130 valence electrons. The van der Waals surface area contributed by atoms with Crippen LogP contribution in [0.1, 0.15) is 16.1 Å². The van der Waals surface area contributed by atoms with Crippen LogP contribution in [0.3, 0.4) is 0 Å². The van der Waals surface area contributed by atoms with Crippen LogP contribution in [-0.4, -0.2) is 43.8 Å². The first-order chi connectivity index (χ1) is 12.1. The number of nitrogens with one attached hydrogen (secondary N) is 2. The van der Waals surface area contributed by atoms with Gasteiger partial charge >= 0.3 is 0 Å². The van der Waals surface area contributed by atoms with Crippen LogP contribution < -0.4 is 20.2 Å². The molecule has 1 heterocycles. The number of rotatable bonds is 7. The predicted molar refractivity (Wildman–Crippen MR) is 91.9 cm³/mol. The predicted octanol–water partition coefficient (Wildman–Crippen LogP) is 0.979. The van der Waals surface area contributed by atoms with Gasteiger partial charge in [-0.2, -0.15) is 5.10 Å². The van der Waals surface area contributed by atoms with E-state index < -0.39 is 11.8 Å². The molecule has 1 aromatic carbocycles. The number of carbonyl (C=O) groups is 2. The zero-order chi connectivity index (χ0) is 18.1. The number of pyridine rings is 1. The minimum atomic E-state index is -0.457. The number of hydrogen-bond donors (Lipinski definition) is 2. The summed E-state index contributed by atoms with van der Waals surface area (Å²) in [7, 11) is 3.08. The van der Waals surface area contributed by atoms with Crippen LogP contribution in [0.2, 0.25) is 0 Å². The van der Waals surface area contributed by atoms with E-state index in [-0.39, 0.29) is 12.2 Å². The average molecular weight is 342 g/mol. The topological polar surface area (TPSA) is 102 Å². The molecule has 0 aliphatic rings.